The van der Waals surface area contributed by atoms with Crippen molar-refractivity contribution in [1.29, 1.82) is 0 Å². The molecule has 0 amide bonds. The molecule has 0 unspecified atom stereocenters. The first-order chi connectivity index (χ1) is 9.81. The predicted octanol–water partition coefficient (Wildman–Crippen LogP) is 1.85. The molecule has 0 fully saturated rings. The highest BCUT2D eigenvalue weighted by atomic mass is 16.5. The second kappa shape index (κ2) is 10.5. The van der Waals surface area contributed by atoms with Gasteiger partial charge in [-0.1, -0.05) is 6.07 Å². The Balaban J connectivity index is 2.58. The molecule has 0 atom stereocenters. The van der Waals surface area contributed by atoms with Gasteiger partial charge >= 0.3 is 0 Å². The number of hydrogen-bond donors (Lipinski definition) is 1. The normalized spacial score (nSPS) is 10.6. The Morgan fingerprint density at radius 1 is 0.950 bits per heavy atom. The van der Waals surface area contributed by atoms with Gasteiger partial charge in [-0.3, -0.25) is 0 Å². The molecule has 0 saturated heterocycles. The molecule has 1 aromatic rings. The average molecular weight is 283 g/mol. The third kappa shape index (κ3) is 6.23. The summed E-state index contributed by atoms with van der Waals surface area (Å²) in [5.74, 6) is 1.53. The Hall–Kier alpha value is -1.30. The molecule has 0 aliphatic carbocycles. The van der Waals surface area contributed by atoms with Gasteiger partial charge in [-0.15, -0.1) is 0 Å². The lowest BCUT2D eigenvalue weighted by Gasteiger charge is -2.13. The quantitative estimate of drug-likeness (QED) is 0.628. The number of nitrogens with one attached hydrogen (secondary N) is 1. The van der Waals surface area contributed by atoms with Crippen molar-refractivity contribution in [1.82, 2.24) is 5.32 Å². The number of ether oxygens (including phenoxy) is 4. The third-order valence-electron chi connectivity index (χ3n) is 2.67. The first-order valence-electron chi connectivity index (χ1n) is 6.89. The van der Waals surface area contributed by atoms with Crippen LogP contribution in [-0.4, -0.2) is 47.2 Å². The van der Waals surface area contributed by atoms with Gasteiger partial charge in [-0.2, -0.15) is 0 Å². The van der Waals surface area contributed by atoms with Crippen molar-refractivity contribution in [3.05, 3.63) is 23.8 Å². The summed E-state index contributed by atoms with van der Waals surface area (Å²) in [6.07, 6.45) is 0. The van der Waals surface area contributed by atoms with Gasteiger partial charge in [0, 0.05) is 27.3 Å². The summed E-state index contributed by atoms with van der Waals surface area (Å²) in [7, 11) is 3.35. The fourth-order valence-electron chi connectivity index (χ4n) is 1.69. The van der Waals surface area contributed by atoms with Gasteiger partial charge in [-0.25, -0.2) is 0 Å². The molecule has 1 N–H and O–H groups in total. The molecular weight excluding hydrogens is 258 g/mol. The number of benzene rings is 1. The van der Waals surface area contributed by atoms with Crippen molar-refractivity contribution in [3.63, 3.8) is 0 Å². The van der Waals surface area contributed by atoms with E-state index in [0.29, 0.717) is 26.4 Å². The molecular formula is C15H25NO4. The molecule has 0 aliphatic heterocycles. The highest BCUT2D eigenvalue weighted by Crippen LogP contribution is 2.28. The second-order valence-corrected chi connectivity index (χ2v) is 4.22. The summed E-state index contributed by atoms with van der Waals surface area (Å²) in [6, 6.07) is 5.98. The molecule has 1 aromatic carbocycles. The van der Waals surface area contributed by atoms with Crippen LogP contribution in [-0.2, 0) is 16.0 Å². The predicted molar refractivity (Wildman–Crippen MR) is 78.6 cm³/mol. The van der Waals surface area contributed by atoms with E-state index in [9.17, 15) is 0 Å². The Bertz CT molecular complexity index is 371. The minimum absolute atomic E-state index is 0.516. The summed E-state index contributed by atoms with van der Waals surface area (Å²) >= 11 is 0. The Labute approximate surface area is 121 Å². The van der Waals surface area contributed by atoms with Crippen LogP contribution in [0.3, 0.4) is 0 Å². The fraction of sp³-hybridized carbons (Fsp3) is 0.600. The van der Waals surface area contributed by atoms with E-state index < -0.39 is 0 Å². The fourth-order valence-corrected chi connectivity index (χ4v) is 1.69. The van der Waals surface area contributed by atoms with Gasteiger partial charge in [0.15, 0.2) is 11.5 Å². The Morgan fingerprint density at radius 2 is 1.75 bits per heavy atom. The summed E-state index contributed by atoms with van der Waals surface area (Å²) < 4.78 is 21.2. The third-order valence-corrected chi connectivity index (χ3v) is 2.67. The number of methoxy groups -OCH3 is 2. The van der Waals surface area contributed by atoms with Crippen LogP contribution in [0.25, 0.3) is 0 Å². The summed E-state index contributed by atoms with van der Waals surface area (Å²) in [4.78, 5) is 0. The monoisotopic (exact) mass is 283 g/mol. The van der Waals surface area contributed by atoms with E-state index in [4.69, 9.17) is 18.9 Å². The largest absolute Gasteiger partial charge is 0.490 e. The van der Waals surface area contributed by atoms with Crippen LogP contribution >= 0.6 is 0 Å². The maximum atomic E-state index is 5.64. The van der Waals surface area contributed by atoms with Crippen LogP contribution in [0, 0.1) is 0 Å². The maximum Gasteiger partial charge on any atom is 0.161 e. The second-order valence-electron chi connectivity index (χ2n) is 4.22. The molecule has 0 spiro atoms. The van der Waals surface area contributed by atoms with Gasteiger partial charge in [-0.05, 0) is 24.6 Å². The Kier molecular flexibility index (Phi) is 8.78. The van der Waals surface area contributed by atoms with Crippen molar-refractivity contribution >= 4 is 0 Å². The van der Waals surface area contributed by atoms with Crippen LogP contribution in [0.2, 0.25) is 0 Å². The maximum absolute atomic E-state index is 5.64. The van der Waals surface area contributed by atoms with Gasteiger partial charge in [0.1, 0.15) is 6.61 Å². The topological polar surface area (TPSA) is 49.0 Å². The van der Waals surface area contributed by atoms with E-state index >= 15 is 0 Å². The molecule has 0 heterocycles. The molecule has 0 aliphatic rings. The molecule has 0 aromatic heterocycles. The lowest BCUT2D eigenvalue weighted by atomic mass is 10.2. The lowest BCUT2D eigenvalue weighted by Crippen LogP contribution is -2.18. The van der Waals surface area contributed by atoms with Crippen molar-refractivity contribution in [2.75, 3.05) is 47.2 Å². The summed E-state index contributed by atoms with van der Waals surface area (Å²) in [5.41, 5.74) is 1.16. The zero-order valence-corrected chi connectivity index (χ0v) is 12.6. The van der Waals surface area contributed by atoms with E-state index in [2.05, 4.69) is 5.32 Å². The highest BCUT2D eigenvalue weighted by Gasteiger charge is 2.06. The van der Waals surface area contributed by atoms with Crippen LogP contribution in [0.15, 0.2) is 18.2 Å². The van der Waals surface area contributed by atoms with E-state index in [-0.39, 0.29) is 0 Å². The first kappa shape index (κ1) is 16.8. The van der Waals surface area contributed by atoms with Crippen molar-refractivity contribution < 1.29 is 18.9 Å². The van der Waals surface area contributed by atoms with Gasteiger partial charge in [0.25, 0.3) is 0 Å². The van der Waals surface area contributed by atoms with Crippen LogP contribution in [0.5, 0.6) is 11.5 Å². The van der Waals surface area contributed by atoms with Gasteiger partial charge in [0.2, 0.25) is 0 Å². The summed E-state index contributed by atoms with van der Waals surface area (Å²) in [6.45, 7) is 5.96. The van der Waals surface area contributed by atoms with Crippen molar-refractivity contribution in [3.8, 4) is 11.5 Å². The van der Waals surface area contributed by atoms with E-state index in [0.717, 1.165) is 30.2 Å². The molecule has 1 rings (SSSR count). The van der Waals surface area contributed by atoms with E-state index in [1.165, 1.54) is 0 Å². The molecule has 5 nitrogen and oxygen atoms in total. The van der Waals surface area contributed by atoms with E-state index in [1.54, 1.807) is 14.2 Å². The molecule has 0 radical (unpaired) electrons. The summed E-state index contributed by atoms with van der Waals surface area (Å²) in [5, 5.41) is 3.30. The lowest BCUT2D eigenvalue weighted by molar-refractivity contribution is 0.143. The zero-order valence-electron chi connectivity index (χ0n) is 12.6. The minimum Gasteiger partial charge on any atom is -0.490 e. The zero-order chi connectivity index (χ0) is 14.6. The molecule has 20 heavy (non-hydrogen) atoms. The van der Waals surface area contributed by atoms with Crippen LogP contribution in [0.4, 0.5) is 0 Å². The van der Waals surface area contributed by atoms with Gasteiger partial charge in [0.05, 0.1) is 19.8 Å². The SMILES string of the molecule is CCOc1cc(CNCCOC)ccc1OCCOC. The highest BCUT2D eigenvalue weighted by molar-refractivity contribution is 5.43. The standard InChI is InChI=1S/C15H25NO4/c1-4-19-15-11-13(12-16-7-8-17-2)5-6-14(15)20-10-9-18-3/h5-6,11,16H,4,7-10,12H2,1-3H3. The average Bonchev–Trinajstić information content (AvgIpc) is 2.46. The van der Waals surface area contributed by atoms with Crippen LogP contribution in [0.1, 0.15) is 12.5 Å². The smallest absolute Gasteiger partial charge is 0.161 e. The Morgan fingerprint density at radius 3 is 2.45 bits per heavy atom. The molecule has 0 bridgehead atoms. The van der Waals surface area contributed by atoms with Crippen molar-refractivity contribution in [2.45, 2.75) is 13.5 Å². The van der Waals surface area contributed by atoms with Crippen LogP contribution < -0.4 is 14.8 Å². The number of rotatable bonds is 11. The van der Waals surface area contributed by atoms with Gasteiger partial charge < -0.3 is 24.3 Å². The van der Waals surface area contributed by atoms with E-state index in [1.807, 2.05) is 25.1 Å². The first-order valence-corrected chi connectivity index (χ1v) is 6.89. The molecule has 114 valence electrons. The molecule has 0 saturated carbocycles. The van der Waals surface area contributed by atoms with Crippen molar-refractivity contribution in [2.24, 2.45) is 0 Å². The minimum atomic E-state index is 0.516. The molecule has 5 heteroatoms. The number of hydrogen-bond acceptors (Lipinski definition) is 5.